The van der Waals surface area contributed by atoms with E-state index in [0.717, 1.165) is 0 Å². The predicted molar refractivity (Wildman–Crippen MR) is 73.3 cm³/mol. The van der Waals surface area contributed by atoms with E-state index in [-0.39, 0.29) is 13.0 Å². The number of carbonyl (C=O) groups excluding carboxylic acids is 3. The van der Waals surface area contributed by atoms with Crippen LogP contribution >= 0.6 is 0 Å². The lowest BCUT2D eigenvalue weighted by molar-refractivity contribution is -0.154. The highest BCUT2D eigenvalue weighted by atomic mass is 16.5. The zero-order valence-corrected chi connectivity index (χ0v) is 11.8. The monoisotopic (exact) mass is 295 g/mol. The van der Waals surface area contributed by atoms with Crippen LogP contribution in [0.25, 0.3) is 0 Å². The molecule has 3 amide bonds. The number of rotatable bonds is 6. The minimum absolute atomic E-state index is 0.0375. The molecule has 1 aromatic rings. The molecule has 0 aliphatic carbocycles. The lowest BCUT2D eigenvalue weighted by atomic mass is 10.3. The number of nitrogens with zero attached hydrogens (tertiary/aromatic N) is 2. The van der Waals surface area contributed by atoms with Crippen LogP contribution < -0.4 is 16.0 Å². The van der Waals surface area contributed by atoms with Crippen LogP contribution in [0.3, 0.4) is 0 Å². The Morgan fingerprint density at radius 3 is 2.57 bits per heavy atom. The van der Waals surface area contributed by atoms with Crippen LogP contribution in [0.4, 0.5) is 10.7 Å². The third-order valence-corrected chi connectivity index (χ3v) is 2.32. The fourth-order valence-corrected chi connectivity index (χ4v) is 1.25. The summed E-state index contributed by atoms with van der Waals surface area (Å²) in [6.45, 7) is 1.65. The average molecular weight is 295 g/mol. The van der Waals surface area contributed by atoms with E-state index in [4.69, 9.17) is 4.74 Å². The molecular weight excluding hydrogens is 278 g/mol. The van der Waals surface area contributed by atoms with Crippen LogP contribution in [0, 0.1) is 0 Å². The Morgan fingerprint density at radius 1 is 1.29 bits per heavy atom. The number of hydrogen-bond donors (Lipinski definition) is 3. The number of ether oxygens (including phenoxy) is 1. The van der Waals surface area contributed by atoms with E-state index in [1.54, 1.807) is 18.5 Å². The first-order chi connectivity index (χ1) is 10.0. The van der Waals surface area contributed by atoms with Gasteiger partial charge in [-0.1, -0.05) is 0 Å². The first-order valence-corrected chi connectivity index (χ1v) is 6.26. The van der Waals surface area contributed by atoms with Gasteiger partial charge in [0.05, 0.1) is 6.42 Å². The minimum Gasteiger partial charge on any atom is -0.452 e. The van der Waals surface area contributed by atoms with Crippen molar-refractivity contribution in [2.45, 2.75) is 19.4 Å². The Kier molecular flexibility index (Phi) is 6.58. The van der Waals surface area contributed by atoms with Gasteiger partial charge >= 0.3 is 12.0 Å². The van der Waals surface area contributed by atoms with E-state index >= 15 is 0 Å². The van der Waals surface area contributed by atoms with E-state index in [0.29, 0.717) is 5.95 Å². The number of aromatic nitrogens is 2. The maximum Gasteiger partial charge on any atom is 0.321 e. The van der Waals surface area contributed by atoms with Crippen molar-refractivity contribution in [3.63, 3.8) is 0 Å². The fraction of sp³-hybridized carbons (Fsp3) is 0.417. The molecular formula is C12H17N5O4. The van der Waals surface area contributed by atoms with Crippen LogP contribution in [0.2, 0.25) is 0 Å². The second kappa shape index (κ2) is 8.46. The normalized spacial score (nSPS) is 11.1. The number of urea groups is 1. The second-order valence-corrected chi connectivity index (χ2v) is 3.95. The summed E-state index contributed by atoms with van der Waals surface area (Å²) in [5.74, 6) is -0.865. The SMILES string of the molecule is CNC(=O)NC(=O)C(C)OC(=O)CCNc1ncccn1. The van der Waals surface area contributed by atoms with Gasteiger partial charge in [-0.25, -0.2) is 14.8 Å². The number of carbonyl (C=O) groups is 3. The molecule has 9 heteroatoms. The van der Waals surface area contributed by atoms with Crippen molar-refractivity contribution in [3.8, 4) is 0 Å². The molecule has 0 fully saturated rings. The molecule has 1 aromatic heterocycles. The van der Waals surface area contributed by atoms with Gasteiger partial charge < -0.3 is 15.4 Å². The van der Waals surface area contributed by atoms with Crippen LogP contribution in [0.5, 0.6) is 0 Å². The summed E-state index contributed by atoms with van der Waals surface area (Å²) >= 11 is 0. The highest BCUT2D eigenvalue weighted by Crippen LogP contribution is 1.98. The van der Waals surface area contributed by atoms with Crippen molar-refractivity contribution in [3.05, 3.63) is 18.5 Å². The van der Waals surface area contributed by atoms with Crippen molar-refractivity contribution in [2.75, 3.05) is 18.9 Å². The van der Waals surface area contributed by atoms with Gasteiger partial charge in [0.1, 0.15) is 0 Å². The molecule has 1 rings (SSSR count). The van der Waals surface area contributed by atoms with Gasteiger partial charge in [-0.3, -0.25) is 14.9 Å². The second-order valence-electron chi connectivity index (χ2n) is 3.95. The molecule has 0 aliphatic heterocycles. The fourth-order valence-electron chi connectivity index (χ4n) is 1.25. The number of amides is 3. The van der Waals surface area contributed by atoms with Crippen molar-refractivity contribution >= 4 is 23.9 Å². The van der Waals surface area contributed by atoms with E-state index in [1.165, 1.54) is 14.0 Å². The Morgan fingerprint density at radius 2 is 1.95 bits per heavy atom. The molecule has 21 heavy (non-hydrogen) atoms. The number of imide groups is 1. The Bertz CT molecular complexity index is 494. The Labute approximate surface area is 121 Å². The molecule has 114 valence electrons. The highest BCUT2D eigenvalue weighted by molar-refractivity contribution is 5.96. The van der Waals surface area contributed by atoms with Crippen molar-refractivity contribution < 1.29 is 19.1 Å². The highest BCUT2D eigenvalue weighted by Gasteiger charge is 2.19. The molecule has 0 aromatic carbocycles. The summed E-state index contributed by atoms with van der Waals surface area (Å²) in [7, 11) is 1.37. The van der Waals surface area contributed by atoms with Gasteiger partial charge in [0.2, 0.25) is 5.95 Å². The molecule has 0 bridgehead atoms. The molecule has 0 spiro atoms. The third-order valence-electron chi connectivity index (χ3n) is 2.32. The summed E-state index contributed by atoms with van der Waals surface area (Å²) in [6.07, 6.45) is 2.12. The van der Waals surface area contributed by atoms with E-state index in [2.05, 4.69) is 20.6 Å². The van der Waals surface area contributed by atoms with Gasteiger partial charge in [-0.05, 0) is 13.0 Å². The molecule has 1 atom stereocenters. The van der Waals surface area contributed by atoms with Gasteiger partial charge in [0.25, 0.3) is 5.91 Å². The summed E-state index contributed by atoms with van der Waals surface area (Å²) in [5.41, 5.74) is 0. The number of esters is 1. The molecule has 0 radical (unpaired) electrons. The first kappa shape index (κ1) is 16.3. The molecule has 1 heterocycles. The lowest BCUT2D eigenvalue weighted by Crippen LogP contribution is -2.43. The van der Waals surface area contributed by atoms with E-state index < -0.39 is 24.0 Å². The zero-order chi connectivity index (χ0) is 15.7. The number of hydrogen-bond acceptors (Lipinski definition) is 7. The van der Waals surface area contributed by atoms with Crippen LogP contribution in [-0.4, -0.2) is 47.6 Å². The standard InChI is InChI=1S/C12H17N5O4/c1-8(10(19)17-12(20)13-2)21-9(18)4-7-16-11-14-5-3-6-15-11/h3,5-6,8H,4,7H2,1-2H3,(H,14,15,16)(H2,13,17,19,20). The maximum absolute atomic E-state index is 11.5. The Hall–Kier alpha value is -2.71. The summed E-state index contributed by atoms with van der Waals surface area (Å²) in [6, 6.07) is 1.01. The largest absolute Gasteiger partial charge is 0.452 e. The van der Waals surface area contributed by atoms with Crippen LogP contribution in [0.15, 0.2) is 18.5 Å². The quantitative estimate of drug-likeness (QED) is 0.614. The smallest absolute Gasteiger partial charge is 0.321 e. The summed E-state index contributed by atoms with van der Waals surface area (Å²) < 4.78 is 4.88. The van der Waals surface area contributed by atoms with Gasteiger partial charge in [-0.15, -0.1) is 0 Å². The van der Waals surface area contributed by atoms with Gasteiger partial charge in [-0.2, -0.15) is 0 Å². The Balaban J connectivity index is 2.26. The lowest BCUT2D eigenvalue weighted by Gasteiger charge is -2.12. The zero-order valence-electron chi connectivity index (χ0n) is 11.8. The molecule has 0 aliphatic rings. The summed E-state index contributed by atoms with van der Waals surface area (Å²) in [5, 5.41) is 7.07. The average Bonchev–Trinajstić information content (AvgIpc) is 2.48. The minimum atomic E-state index is -1.05. The van der Waals surface area contributed by atoms with Gasteiger partial charge in [0, 0.05) is 26.0 Å². The van der Waals surface area contributed by atoms with Gasteiger partial charge in [0.15, 0.2) is 6.10 Å². The predicted octanol–water partition coefficient (Wildman–Crippen LogP) is -0.334. The molecule has 9 nitrogen and oxygen atoms in total. The first-order valence-electron chi connectivity index (χ1n) is 6.26. The van der Waals surface area contributed by atoms with Crippen molar-refractivity contribution in [2.24, 2.45) is 0 Å². The van der Waals surface area contributed by atoms with Crippen molar-refractivity contribution in [1.29, 1.82) is 0 Å². The molecule has 3 N–H and O–H groups in total. The summed E-state index contributed by atoms with van der Waals surface area (Å²) in [4.78, 5) is 41.8. The van der Waals surface area contributed by atoms with E-state index in [1.807, 2.05) is 5.32 Å². The van der Waals surface area contributed by atoms with E-state index in [9.17, 15) is 14.4 Å². The van der Waals surface area contributed by atoms with Crippen LogP contribution in [-0.2, 0) is 14.3 Å². The number of anilines is 1. The van der Waals surface area contributed by atoms with Crippen LogP contribution in [0.1, 0.15) is 13.3 Å². The third kappa shape index (κ3) is 6.32. The molecule has 0 saturated heterocycles. The maximum atomic E-state index is 11.5. The molecule has 0 saturated carbocycles. The number of nitrogens with one attached hydrogen (secondary N) is 3. The molecule has 1 unspecified atom stereocenters. The van der Waals surface area contributed by atoms with Crippen molar-refractivity contribution in [1.82, 2.24) is 20.6 Å². The topological polar surface area (TPSA) is 122 Å².